The summed E-state index contributed by atoms with van der Waals surface area (Å²) in [5.41, 5.74) is 8.30. The first-order valence-corrected chi connectivity index (χ1v) is 8.74. The van der Waals surface area contributed by atoms with Gasteiger partial charge in [-0.2, -0.15) is 0 Å². The van der Waals surface area contributed by atoms with Crippen LogP contribution in [-0.4, -0.2) is 31.4 Å². The highest BCUT2D eigenvalue weighted by Gasteiger charge is 2.21. The Hall–Kier alpha value is -2.24. The number of hydrogen-bond donors (Lipinski definition) is 1. The molecule has 138 valence electrons. The maximum atomic E-state index is 13.9. The smallest absolute Gasteiger partial charge is 0.330 e. The van der Waals surface area contributed by atoms with E-state index in [-0.39, 0.29) is 11.9 Å². The highest BCUT2D eigenvalue weighted by atomic mass is 35.5. The van der Waals surface area contributed by atoms with Crippen LogP contribution in [0.15, 0.2) is 47.5 Å². The first-order chi connectivity index (χ1) is 12.4. The van der Waals surface area contributed by atoms with Crippen molar-refractivity contribution in [2.45, 2.75) is 31.8 Å². The fourth-order valence-electron chi connectivity index (χ4n) is 2.70. The Kier molecular flexibility index (Phi) is 7.30. The molecule has 0 amide bonds. The lowest BCUT2D eigenvalue weighted by Gasteiger charge is -2.16. The lowest BCUT2D eigenvalue weighted by atomic mass is 9.98. The van der Waals surface area contributed by atoms with Crippen LogP contribution in [0.2, 0.25) is 5.02 Å². The quantitative estimate of drug-likeness (QED) is 0.558. The Bertz CT molecular complexity index is 765. The van der Waals surface area contributed by atoms with Gasteiger partial charge in [0, 0.05) is 16.6 Å². The van der Waals surface area contributed by atoms with E-state index in [4.69, 9.17) is 22.1 Å². The summed E-state index contributed by atoms with van der Waals surface area (Å²) in [4.78, 5) is 15.6. The molecule has 4 nitrogen and oxygen atoms in total. The molecule has 0 aliphatic heterocycles. The van der Waals surface area contributed by atoms with E-state index in [0.717, 1.165) is 11.1 Å². The second-order valence-electron chi connectivity index (χ2n) is 5.97. The summed E-state index contributed by atoms with van der Waals surface area (Å²) in [6.45, 7) is 5.46. The molecule has 2 aromatic carbocycles. The van der Waals surface area contributed by atoms with E-state index in [9.17, 15) is 9.18 Å². The Morgan fingerprint density at radius 2 is 2.00 bits per heavy atom. The van der Waals surface area contributed by atoms with Gasteiger partial charge in [-0.3, -0.25) is 4.99 Å². The van der Waals surface area contributed by atoms with Crippen molar-refractivity contribution in [2.75, 3.05) is 6.61 Å². The second-order valence-corrected chi connectivity index (χ2v) is 6.41. The Labute approximate surface area is 157 Å². The SMILES string of the molecule is C=N[C@H](C[C@H](N)Cc1ccc(-c2cc(Cl)ccc2F)cc1)C(=O)OCC. The number of halogens is 2. The molecule has 2 rings (SSSR count). The number of esters is 1. The van der Waals surface area contributed by atoms with E-state index in [1.165, 1.54) is 12.1 Å². The van der Waals surface area contributed by atoms with Crippen molar-refractivity contribution in [1.29, 1.82) is 0 Å². The highest BCUT2D eigenvalue weighted by Crippen LogP contribution is 2.26. The standard InChI is InChI=1S/C20H22ClFN2O2/c1-3-26-20(25)19(24-2)12-16(23)10-13-4-6-14(7-5-13)17-11-15(21)8-9-18(17)22/h4-9,11,16,19H,2-3,10,12,23H2,1H3/t16-,19-/m1/s1. The zero-order chi connectivity index (χ0) is 19.1. The lowest BCUT2D eigenvalue weighted by molar-refractivity contribution is -0.144. The van der Waals surface area contributed by atoms with Gasteiger partial charge in [0.15, 0.2) is 0 Å². The molecule has 0 aliphatic rings. The van der Waals surface area contributed by atoms with E-state index < -0.39 is 12.0 Å². The summed E-state index contributed by atoms with van der Waals surface area (Å²) in [5.74, 6) is -0.738. The molecular weight excluding hydrogens is 355 g/mol. The lowest BCUT2D eigenvalue weighted by Crippen LogP contribution is -2.32. The largest absolute Gasteiger partial charge is 0.464 e. The molecule has 0 radical (unpaired) electrons. The van der Waals surface area contributed by atoms with E-state index in [1.54, 1.807) is 13.0 Å². The molecule has 26 heavy (non-hydrogen) atoms. The molecule has 0 heterocycles. The average Bonchev–Trinajstić information content (AvgIpc) is 2.62. The highest BCUT2D eigenvalue weighted by molar-refractivity contribution is 6.30. The van der Waals surface area contributed by atoms with Crippen molar-refractivity contribution < 1.29 is 13.9 Å². The monoisotopic (exact) mass is 376 g/mol. The number of nitrogens with two attached hydrogens (primary N) is 1. The predicted molar refractivity (Wildman–Crippen MR) is 103 cm³/mol. The minimum absolute atomic E-state index is 0.274. The number of nitrogens with zero attached hydrogens (tertiary/aromatic N) is 1. The summed E-state index contributed by atoms with van der Waals surface area (Å²) in [5, 5.41) is 0.481. The van der Waals surface area contributed by atoms with Crippen molar-refractivity contribution in [1.82, 2.24) is 0 Å². The van der Waals surface area contributed by atoms with Gasteiger partial charge in [0.2, 0.25) is 0 Å². The van der Waals surface area contributed by atoms with E-state index in [1.807, 2.05) is 24.3 Å². The molecule has 0 saturated heterocycles. The van der Waals surface area contributed by atoms with Crippen LogP contribution in [0.4, 0.5) is 4.39 Å². The number of hydrogen-bond acceptors (Lipinski definition) is 4. The molecule has 0 bridgehead atoms. The fraction of sp³-hybridized carbons (Fsp3) is 0.300. The van der Waals surface area contributed by atoms with E-state index in [2.05, 4.69) is 11.7 Å². The van der Waals surface area contributed by atoms with Crippen LogP contribution in [0.25, 0.3) is 11.1 Å². The van der Waals surface area contributed by atoms with Crippen molar-refractivity contribution in [3.8, 4) is 11.1 Å². The summed E-state index contributed by atoms with van der Waals surface area (Å²) in [6.07, 6.45) is 0.913. The van der Waals surface area contributed by atoms with Crippen LogP contribution in [-0.2, 0) is 16.0 Å². The minimum Gasteiger partial charge on any atom is -0.464 e. The van der Waals surface area contributed by atoms with Gasteiger partial charge >= 0.3 is 5.97 Å². The maximum Gasteiger partial charge on any atom is 0.330 e. The molecule has 0 unspecified atom stereocenters. The molecule has 2 atom stereocenters. The third-order valence-electron chi connectivity index (χ3n) is 4.00. The first-order valence-electron chi connectivity index (χ1n) is 8.37. The van der Waals surface area contributed by atoms with Crippen LogP contribution in [0.3, 0.4) is 0 Å². The number of rotatable bonds is 8. The van der Waals surface area contributed by atoms with Gasteiger partial charge in [0.1, 0.15) is 11.9 Å². The van der Waals surface area contributed by atoms with Crippen LogP contribution >= 0.6 is 11.6 Å². The number of aliphatic imine (C=N–C) groups is 1. The number of benzene rings is 2. The van der Waals surface area contributed by atoms with Crippen LogP contribution in [0.5, 0.6) is 0 Å². The fourth-order valence-corrected chi connectivity index (χ4v) is 2.87. The molecule has 2 N–H and O–H groups in total. The Morgan fingerprint density at radius 1 is 1.31 bits per heavy atom. The molecule has 0 saturated carbocycles. The van der Waals surface area contributed by atoms with E-state index >= 15 is 0 Å². The first kappa shape index (κ1) is 20.1. The van der Waals surface area contributed by atoms with Crippen molar-refractivity contribution in [3.05, 3.63) is 58.9 Å². The van der Waals surface area contributed by atoms with Gasteiger partial charge in [-0.25, -0.2) is 9.18 Å². The normalized spacial score (nSPS) is 13.1. The van der Waals surface area contributed by atoms with Gasteiger partial charge in [0.05, 0.1) is 6.61 Å². The molecule has 0 fully saturated rings. The van der Waals surface area contributed by atoms with Gasteiger partial charge < -0.3 is 10.5 Å². The minimum atomic E-state index is -0.662. The maximum absolute atomic E-state index is 13.9. The van der Waals surface area contributed by atoms with Crippen molar-refractivity contribution in [3.63, 3.8) is 0 Å². The van der Waals surface area contributed by atoms with Crippen LogP contribution < -0.4 is 5.73 Å². The molecule has 0 spiro atoms. The molecular formula is C20H22ClFN2O2. The number of ether oxygens (including phenoxy) is 1. The predicted octanol–water partition coefficient (Wildman–Crippen LogP) is 4.04. The molecule has 2 aromatic rings. The summed E-state index contributed by atoms with van der Waals surface area (Å²) >= 11 is 5.94. The number of carbonyl (C=O) groups is 1. The topological polar surface area (TPSA) is 64.7 Å². The second kappa shape index (κ2) is 9.46. The van der Waals surface area contributed by atoms with Crippen LogP contribution in [0.1, 0.15) is 18.9 Å². The van der Waals surface area contributed by atoms with Gasteiger partial charge in [-0.05, 0) is 55.8 Å². The van der Waals surface area contributed by atoms with Gasteiger partial charge in [-0.1, -0.05) is 35.9 Å². The summed E-state index contributed by atoms with van der Waals surface area (Å²) in [7, 11) is 0. The number of carbonyl (C=O) groups excluding carboxylic acids is 1. The molecule has 0 aliphatic carbocycles. The average molecular weight is 377 g/mol. The van der Waals surface area contributed by atoms with E-state index in [0.29, 0.717) is 30.0 Å². The summed E-state index contributed by atoms with van der Waals surface area (Å²) < 4.78 is 18.9. The third kappa shape index (κ3) is 5.38. The van der Waals surface area contributed by atoms with Crippen LogP contribution in [0, 0.1) is 5.82 Å². The Morgan fingerprint density at radius 3 is 2.62 bits per heavy atom. The van der Waals surface area contributed by atoms with Gasteiger partial charge in [-0.15, -0.1) is 0 Å². The molecule has 0 aromatic heterocycles. The molecule has 6 heteroatoms. The van der Waals surface area contributed by atoms with Gasteiger partial charge in [0.25, 0.3) is 0 Å². The third-order valence-corrected chi connectivity index (χ3v) is 4.23. The van der Waals surface area contributed by atoms with Crippen molar-refractivity contribution >= 4 is 24.3 Å². The summed E-state index contributed by atoms with van der Waals surface area (Å²) in [6, 6.07) is 10.9. The Balaban J connectivity index is 2.03. The van der Waals surface area contributed by atoms with Crippen molar-refractivity contribution in [2.24, 2.45) is 10.7 Å². The zero-order valence-corrected chi connectivity index (χ0v) is 15.4. The zero-order valence-electron chi connectivity index (χ0n) is 14.6.